The average molecular weight is 190 g/mol. The van der Waals surface area contributed by atoms with Crippen molar-refractivity contribution in [1.82, 2.24) is 0 Å². The van der Waals surface area contributed by atoms with Crippen molar-refractivity contribution in [3.05, 3.63) is 35.4 Å². The molecule has 0 saturated heterocycles. The minimum atomic E-state index is 0.488. The molecule has 1 rings (SSSR count). The van der Waals surface area contributed by atoms with E-state index in [4.69, 9.17) is 0 Å². The van der Waals surface area contributed by atoms with Crippen LogP contribution >= 0.6 is 0 Å². The Morgan fingerprint density at radius 2 is 1.79 bits per heavy atom. The summed E-state index contributed by atoms with van der Waals surface area (Å²) in [7, 11) is 0. The van der Waals surface area contributed by atoms with E-state index in [1.165, 1.54) is 30.4 Å². The van der Waals surface area contributed by atoms with Crippen molar-refractivity contribution < 1.29 is 0 Å². The maximum atomic E-state index is 2.35. The second-order valence-electron chi connectivity index (χ2n) is 4.94. The van der Waals surface area contributed by atoms with Gasteiger partial charge in [-0.05, 0) is 36.3 Å². The summed E-state index contributed by atoms with van der Waals surface area (Å²) in [5.41, 5.74) is 3.43. The summed E-state index contributed by atoms with van der Waals surface area (Å²) >= 11 is 0. The van der Waals surface area contributed by atoms with Gasteiger partial charge in [-0.15, -0.1) is 0 Å². The minimum absolute atomic E-state index is 0.488. The first kappa shape index (κ1) is 11.3. The summed E-state index contributed by atoms with van der Waals surface area (Å²) in [5.74, 6) is 0. The van der Waals surface area contributed by atoms with Gasteiger partial charge in [0.05, 0.1) is 0 Å². The molecule has 0 unspecified atom stereocenters. The summed E-state index contributed by atoms with van der Waals surface area (Å²) in [6.45, 7) is 9.18. The fourth-order valence-corrected chi connectivity index (χ4v) is 1.54. The van der Waals surface area contributed by atoms with Gasteiger partial charge in [-0.25, -0.2) is 0 Å². The molecule has 0 radical (unpaired) electrons. The standard InChI is InChI=1S/C14H22/c1-5-14(3,4)11-10-13-9-7-6-8-12(13)2/h6-9H,5,10-11H2,1-4H3. The molecule has 78 valence electrons. The molecule has 0 amide bonds. The highest BCUT2D eigenvalue weighted by molar-refractivity contribution is 5.25. The summed E-state index contributed by atoms with van der Waals surface area (Å²) in [6.07, 6.45) is 3.76. The fraction of sp³-hybridized carbons (Fsp3) is 0.571. The largest absolute Gasteiger partial charge is 0.0649 e. The molecule has 0 aromatic heterocycles. The van der Waals surface area contributed by atoms with Gasteiger partial charge in [0.2, 0.25) is 0 Å². The molecule has 0 N–H and O–H groups in total. The molecule has 0 bridgehead atoms. The normalized spacial score (nSPS) is 11.7. The van der Waals surface area contributed by atoms with Crippen LogP contribution in [0.15, 0.2) is 24.3 Å². The van der Waals surface area contributed by atoms with Gasteiger partial charge < -0.3 is 0 Å². The second-order valence-corrected chi connectivity index (χ2v) is 4.94. The Morgan fingerprint density at radius 3 is 2.36 bits per heavy atom. The molecule has 0 aliphatic heterocycles. The van der Waals surface area contributed by atoms with Gasteiger partial charge in [0.25, 0.3) is 0 Å². The quantitative estimate of drug-likeness (QED) is 0.661. The van der Waals surface area contributed by atoms with Gasteiger partial charge in [0.1, 0.15) is 0 Å². The SMILES string of the molecule is CCC(C)(C)CCc1ccccc1C. The Labute approximate surface area is 88.4 Å². The van der Waals surface area contributed by atoms with Gasteiger partial charge >= 0.3 is 0 Å². The maximum absolute atomic E-state index is 2.35. The molecule has 14 heavy (non-hydrogen) atoms. The van der Waals surface area contributed by atoms with Crippen molar-refractivity contribution in [3.8, 4) is 0 Å². The molecule has 0 spiro atoms. The van der Waals surface area contributed by atoms with Crippen LogP contribution in [0.2, 0.25) is 0 Å². The zero-order valence-corrected chi connectivity index (χ0v) is 9.93. The first-order chi connectivity index (χ1) is 6.55. The molecule has 0 atom stereocenters. The number of benzene rings is 1. The average Bonchev–Trinajstić information content (AvgIpc) is 2.17. The lowest BCUT2D eigenvalue weighted by atomic mass is 9.83. The molecule has 0 heterocycles. The van der Waals surface area contributed by atoms with Crippen LogP contribution in [-0.4, -0.2) is 0 Å². The summed E-state index contributed by atoms with van der Waals surface area (Å²) in [4.78, 5) is 0. The lowest BCUT2D eigenvalue weighted by molar-refractivity contribution is 0.322. The minimum Gasteiger partial charge on any atom is -0.0649 e. The van der Waals surface area contributed by atoms with Crippen LogP contribution in [0.5, 0.6) is 0 Å². The summed E-state index contributed by atoms with van der Waals surface area (Å²) in [6, 6.07) is 8.71. The van der Waals surface area contributed by atoms with E-state index in [0.29, 0.717) is 5.41 Å². The van der Waals surface area contributed by atoms with E-state index >= 15 is 0 Å². The van der Waals surface area contributed by atoms with Crippen LogP contribution in [0.25, 0.3) is 0 Å². The Kier molecular flexibility index (Phi) is 3.74. The van der Waals surface area contributed by atoms with Crippen molar-refractivity contribution >= 4 is 0 Å². The zero-order valence-electron chi connectivity index (χ0n) is 9.93. The first-order valence-electron chi connectivity index (χ1n) is 5.60. The Hall–Kier alpha value is -0.780. The Morgan fingerprint density at radius 1 is 1.14 bits per heavy atom. The predicted octanol–water partition coefficient (Wildman–Crippen LogP) is 4.36. The molecule has 0 aliphatic carbocycles. The van der Waals surface area contributed by atoms with Crippen molar-refractivity contribution in [2.24, 2.45) is 5.41 Å². The predicted molar refractivity (Wildman–Crippen MR) is 63.6 cm³/mol. The van der Waals surface area contributed by atoms with Gasteiger partial charge in [0, 0.05) is 0 Å². The highest BCUT2D eigenvalue weighted by Crippen LogP contribution is 2.26. The van der Waals surface area contributed by atoms with Gasteiger partial charge in [-0.3, -0.25) is 0 Å². The Bertz CT molecular complexity index is 284. The highest BCUT2D eigenvalue weighted by atomic mass is 14.2. The van der Waals surface area contributed by atoms with Crippen molar-refractivity contribution in [2.75, 3.05) is 0 Å². The molecule has 0 saturated carbocycles. The van der Waals surface area contributed by atoms with E-state index in [0.717, 1.165) is 0 Å². The number of hydrogen-bond donors (Lipinski definition) is 0. The Balaban J connectivity index is 2.58. The molecular formula is C14H22. The van der Waals surface area contributed by atoms with Crippen molar-refractivity contribution in [1.29, 1.82) is 0 Å². The summed E-state index contributed by atoms with van der Waals surface area (Å²) < 4.78 is 0. The van der Waals surface area contributed by atoms with Crippen LogP contribution < -0.4 is 0 Å². The van der Waals surface area contributed by atoms with E-state index in [-0.39, 0.29) is 0 Å². The van der Waals surface area contributed by atoms with E-state index in [1.807, 2.05) is 0 Å². The third-order valence-corrected chi connectivity index (χ3v) is 3.29. The van der Waals surface area contributed by atoms with E-state index in [1.54, 1.807) is 0 Å². The monoisotopic (exact) mass is 190 g/mol. The van der Waals surface area contributed by atoms with Crippen LogP contribution in [-0.2, 0) is 6.42 Å². The maximum Gasteiger partial charge on any atom is -0.0271 e. The lowest BCUT2D eigenvalue weighted by Gasteiger charge is -2.22. The van der Waals surface area contributed by atoms with Gasteiger partial charge in [-0.2, -0.15) is 0 Å². The van der Waals surface area contributed by atoms with Gasteiger partial charge in [-0.1, -0.05) is 51.5 Å². The topological polar surface area (TPSA) is 0 Å². The number of hydrogen-bond acceptors (Lipinski definition) is 0. The zero-order chi connectivity index (χ0) is 10.6. The third kappa shape index (κ3) is 3.17. The van der Waals surface area contributed by atoms with E-state index in [2.05, 4.69) is 52.0 Å². The molecule has 1 aromatic rings. The number of rotatable bonds is 4. The molecule has 0 aliphatic rings. The van der Waals surface area contributed by atoms with E-state index in [9.17, 15) is 0 Å². The molecule has 0 nitrogen and oxygen atoms in total. The van der Waals surface area contributed by atoms with Gasteiger partial charge in [0.15, 0.2) is 0 Å². The van der Waals surface area contributed by atoms with E-state index < -0.39 is 0 Å². The molecule has 0 heteroatoms. The summed E-state index contributed by atoms with van der Waals surface area (Å²) in [5, 5.41) is 0. The second kappa shape index (κ2) is 4.63. The van der Waals surface area contributed by atoms with Crippen LogP contribution in [0.3, 0.4) is 0 Å². The smallest absolute Gasteiger partial charge is 0.0271 e. The molecule has 0 fully saturated rings. The number of aryl methyl sites for hydroxylation is 2. The lowest BCUT2D eigenvalue weighted by Crippen LogP contribution is -2.11. The third-order valence-electron chi connectivity index (χ3n) is 3.29. The van der Waals surface area contributed by atoms with Crippen LogP contribution in [0, 0.1) is 12.3 Å². The van der Waals surface area contributed by atoms with Crippen molar-refractivity contribution in [2.45, 2.75) is 47.0 Å². The molecule has 1 aromatic carbocycles. The molecular weight excluding hydrogens is 168 g/mol. The van der Waals surface area contributed by atoms with Crippen LogP contribution in [0.1, 0.15) is 44.7 Å². The highest BCUT2D eigenvalue weighted by Gasteiger charge is 2.14. The fourth-order valence-electron chi connectivity index (χ4n) is 1.54. The first-order valence-corrected chi connectivity index (χ1v) is 5.60. The van der Waals surface area contributed by atoms with Crippen molar-refractivity contribution in [3.63, 3.8) is 0 Å². The van der Waals surface area contributed by atoms with Crippen LogP contribution in [0.4, 0.5) is 0 Å².